The first-order chi connectivity index (χ1) is 14.5. The van der Waals surface area contributed by atoms with Gasteiger partial charge in [0.25, 0.3) is 0 Å². The predicted octanol–water partition coefficient (Wildman–Crippen LogP) is 5.97. The van der Waals surface area contributed by atoms with Gasteiger partial charge in [0.1, 0.15) is 0 Å². The second-order valence-electron chi connectivity index (χ2n) is 10.0. The van der Waals surface area contributed by atoms with E-state index >= 15 is 0 Å². The smallest absolute Gasteiger partial charge is 0.0723 e. The third-order valence-corrected chi connectivity index (χ3v) is 7.53. The quantitative estimate of drug-likeness (QED) is 0.254. The Morgan fingerprint density at radius 2 is 1.90 bits per heavy atom. The maximum atomic E-state index is 10.6. The van der Waals surface area contributed by atoms with Crippen LogP contribution in [-0.2, 0) is 0 Å². The minimum Gasteiger partial charge on any atom is -0.392 e. The molecule has 6 atom stereocenters. The number of aliphatic hydroxyl groups is 2. The largest absolute Gasteiger partial charge is 0.392 e. The zero-order valence-corrected chi connectivity index (χ0v) is 20.2. The van der Waals surface area contributed by atoms with Gasteiger partial charge in [-0.1, -0.05) is 83.6 Å². The molecule has 2 aliphatic rings. The van der Waals surface area contributed by atoms with Crippen LogP contribution in [0.1, 0.15) is 91.9 Å². The van der Waals surface area contributed by atoms with E-state index in [-0.39, 0.29) is 18.1 Å². The van der Waals surface area contributed by atoms with E-state index in [1.54, 1.807) is 0 Å². The lowest BCUT2D eigenvalue weighted by Crippen LogP contribution is -2.23. The van der Waals surface area contributed by atoms with Crippen molar-refractivity contribution in [2.45, 2.75) is 104 Å². The van der Waals surface area contributed by atoms with Crippen molar-refractivity contribution in [2.75, 3.05) is 19.6 Å². The molecule has 0 spiro atoms. The Morgan fingerprint density at radius 3 is 2.60 bits per heavy atom. The van der Waals surface area contributed by atoms with Gasteiger partial charge in [-0.3, -0.25) is 0 Å². The van der Waals surface area contributed by atoms with E-state index in [2.05, 4.69) is 44.7 Å². The maximum Gasteiger partial charge on any atom is 0.0723 e. The van der Waals surface area contributed by atoms with Crippen molar-refractivity contribution in [1.82, 2.24) is 4.90 Å². The molecule has 0 aliphatic heterocycles. The molecule has 0 saturated heterocycles. The van der Waals surface area contributed by atoms with Crippen LogP contribution in [0.4, 0.5) is 0 Å². The van der Waals surface area contributed by atoms with Crippen molar-refractivity contribution in [3.8, 4) is 0 Å². The summed E-state index contributed by atoms with van der Waals surface area (Å²) < 4.78 is 0. The minimum absolute atomic E-state index is 0.199. The molecule has 1 unspecified atom stereocenters. The van der Waals surface area contributed by atoms with Crippen molar-refractivity contribution in [3.05, 3.63) is 23.8 Å². The van der Waals surface area contributed by atoms with Gasteiger partial charge in [-0.25, -0.2) is 0 Å². The summed E-state index contributed by atoms with van der Waals surface area (Å²) in [6.07, 6.45) is 17.7. The van der Waals surface area contributed by atoms with E-state index in [4.69, 9.17) is 0 Å². The fourth-order valence-electron chi connectivity index (χ4n) is 5.58. The summed E-state index contributed by atoms with van der Waals surface area (Å²) in [7, 11) is 0. The van der Waals surface area contributed by atoms with Crippen LogP contribution in [0.5, 0.6) is 0 Å². The first-order valence-electron chi connectivity index (χ1n) is 13.0. The number of rotatable bonds is 15. The number of unbranched alkanes of at least 4 members (excludes halogenated alkanes) is 3. The molecule has 3 nitrogen and oxygen atoms in total. The van der Waals surface area contributed by atoms with Crippen LogP contribution in [0.3, 0.4) is 0 Å². The number of hydrogen-bond donors (Lipinski definition) is 2. The van der Waals surface area contributed by atoms with Gasteiger partial charge < -0.3 is 15.1 Å². The molecular weight excluding hydrogens is 370 g/mol. The molecule has 0 bridgehead atoms. The number of hydrogen-bond acceptors (Lipinski definition) is 3. The number of allylic oxidation sites excluding steroid dienone is 1. The highest BCUT2D eigenvalue weighted by molar-refractivity contribution is 5.26. The Morgan fingerprint density at radius 1 is 1.13 bits per heavy atom. The Hall–Kier alpha value is -0.640. The molecule has 0 heterocycles. The van der Waals surface area contributed by atoms with Crippen LogP contribution in [0.25, 0.3) is 0 Å². The Bertz CT molecular complexity index is 525. The highest BCUT2D eigenvalue weighted by Gasteiger charge is 2.41. The molecule has 2 rings (SSSR count). The summed E-state index contributed by atoms with van der Waals surface area (Å²) >= 11 is 0. The van der Waals surface area contributed by atoms with Gasteiger partial charge in [-0.2, -0.15) is 0 Å². The Kier molecular flexibility index (Phi) is 11.7. The standard InChI is InChI=1S/C27H49NO2/c1-5-8-12-21(4)17-24(29)14-15-25-26-19-22(18-23(26)20-27(25)30)13-10-9-11-16-28(6-2)7-3/h14-15,18,21-22,24-27,29-30H,5-13,16-17,19-20H2,1-4H3/b15-14+/t21-,22?,24+,25+,26+,27+/m0/s1. The molecule has 2 N–H and O–H groups in total. The van der Waals surface area contributed by atoms with E-state index in [1.807, 2.05) is 6.08 Å². The fourth-order valence-corrected chi connectivity index (χ4v) is 5.58. The molecule has 0 aromatic rings. The van der Waals surface area contributed by atoms with Crippen LogP contribution in [0.15, 0.2) is 23.8 Å². The van der Waals surface area contributed by atoms with Crippen LogP contribution < -0.4 is 0 Å². The van der Waals surface area contributed by atoms with E-state index < -0.39 is 0 Å². The van der Waals surface area contributed by atoms with Crippen molar-refractivity contribution in [2.24, 2.45) is 23.7 Å². The Labute approximate surface area is 186 Å². The van der Waals surface area contributed by atoms with Crippen molar-refractivity contribution in [1.29, 1.82) is 0 Å². The molecule has 0 aromatic carbocycles. The monoisotopic (exact) mass is 419 g/mol. The third-order valence-electron chi connectivity index (χ3n) is 7.53. The molecule has 0 radical (unpaired) electrons. The molecule has 0 aromatic heterocycles. The summed E-state index contributed by atoms with van der Waals surface area (Å²) in [5, 5.41) is 21.0. The van der Waals surface area contributed by atoms with Gasteiger partial charge in [-0.05, 0) is 69.5 Å². The number of nitrogens with zero attached hydrogens (tertiary/aromatic N) is 1. The molecule has 174 valence electrons. The van der Waals surface area contributed by atoms with Gasteiger partial charge in [0.15, 0.2) is 0 Å². The lowest BCUT2D eigenvalue weighted by Gasteiger charge is -2.20. The minimum atomic E-state index is -0.375. The molecular formula is C27H49NO2. The SMILES string of the molecule is CCCC[C@H](C)C[C@H](O)/C=C/[C@H]1[C@H](O)CC2=CC(CCCCCN(CC)CC)C[C@H]21. The first-order valence-corrected chi connectivity index (χ1v) is 13.0. The number of aliphatic hydroxyl groups excluding tert-OH is 2. The second-order valence-corrected chi connectivity index (χ2v) is 10.0. The highest BCUT2D eigenvalue weighted by atomic mass is 16.3. The van der Waals surface area contributed by atoms with Crippen LogP contribution in [-0.4, -0.2) is 47.0 Å². The fraction of sp³-hybridized carbons (Fsp3) is 0.852. The summed E-state index contributed by atoms with van der Waals surface area (Å²) in [5.74, 6) is 1.96. The van der Waals surface area contributed by atoms with E-state index in [0.29, 0.717) is 17.8 Å². The zero-order valence-electron chi connectivity index (χ0n) is 20.2. The maximum absolute atomic E-state index is 10.6. The van der Waals surface area contributed by atoms with Gasteiger partial charge in [0.2, 0.25) is 0 Å². The normalized spacial score (nSPS) is 28.3. The van der Waals surface area contributed by atoms with E-state index in [1.165, 1.54) is 63.5 Å². The average molecular weight is 420 g/mol. The van der Waals surface area contributed by atoms with Crippen molar-refractivity contribution >= 4 is 0 Å². The summed E-state index contributed by atoms with van der Waals surface area (Å²) in [4.78, 5) is 2.51. The third kappa shape index (κ3) is 8.13. The predicted molar refractivity (Wildman–Crippen MR) is 129 cm³/mol. The zero-order chi connectivity index (χ0) is 21.9. The first kappa shape index (κ1) is 25.6. The van der Waals surface area contributed by atoms with Gasteiger partial charge >= 0.3 is 0 Å². The summed E-state index contributed by atoms with van der Waals surface area (Å²) in [6, 6.07) is 0. The van der Waals surface area contributed by atoms with Crippen molar-refractivity contribution < 1.29 is 10.2 Å². The molecule has 2 aliphatic carbocycles. The molecule has 30 heavy (non-hydrogen) atoms. The second kappa shape index (κ2) is 13.7. The van der Waals surface area contributed by atoms with Crippen LogP contribution in [0, 0.1) is 23.7 Å². The van der Waals surface area contributed by atoms with Gasteiger partial charge in [0, 0.05) is 5.92 Å². The number of fused-ring (bicyclic) bond motifs is 1. The molecule has 1 saturated carbocycles. The summed E-state index contributed by atoms with van der Waals surface area (Å²) in [5.41, 5.74) is 1.48. The topological polar surface area (TPSA) is 43.7 Å². The Balaban J connectivity index is 1.73. The lowest BCUT2D eigenvalue weighted by molar-refractivity contribution is 0.135. The molecule has 3 heteroatoms. The average Bonchev–Trinajstić information content (AvgIpc) is 3.23. The van der Waals surface area contributed by atoms with Crippen LogP contribution >= 0.6 is 0 Å². The molecule has 0 amide bonds. The van der Waals surface area contributed by atoms with Crippen molar-refractivity contribution in [3.63, 3.8) is 0 Å². The van der Waals surface area contributed by atoms with Gasteiger partial charge in [0.05, 0.1) is 12.2 Å². The van der Waals surface area contributed by atoms with Crippen LogP contribution in [0.2, 0.25) is 0 Å². The highest BCUT2D eigenvalue weighted by Crippen LogP contribution is 2.47. The lowest BCUT2D eigenvalue weighted by atomic mass is 9.87. The van der Waals surface area contributed by atoms with Gasteiger partial charge in [-0.15, -0.1) is 0 Å². The summed E-state index contributed by atoms with van der Waals surface area (Å²) in [6.45, 7) is 12.5. The molecule has 1 fully saturated rings. The van der Waals surface area contributed by atoms with E-state index in [9.17, 15) is 10.2 Å². The van der Waals surface area contributed by atoms with E-state index in [0.717, 1.165) is 25.9 Å².